The first-order chi connectivity index (χ1) is 8.29. The minimum atomic E-state index is 0.150. The molecule has 92 valence electrons. The lowest BCUT2D eigenvalue weighted by molar-refractivity contribution is 0.318. The van der Waals surface area contributed by atoms with Crippen LogP contribution in [0.3, 0.4) is 0 Å². The van der Waals surface area contributed by atoms with Crippen LogP contribution in [0.15, 0.2) is 29.4 Å². The van der Waals surface area contributed by atoms with Gasteiger partial charge in [0.1, 0.15) is 0 Å². The Hall–Kier alpha value is -1.20. The fraction of sp³-hybridized carbons (Fsp3) is 0.417. The lowest BCUT2D eigenvalue weighted by Gasteiger charge is -2.11. The van der Waals surface area contributed by atoms with Gasteiger partial charge in [-0.2, -0.15) is 11.8 Å². The van der Waals surface area contributed by atoms with E-state index in [1.54, 1.807) is 0 Å². The maximum Gasteiger partial charge on any atom is 0.170 e. The van der Waals surface area contributed by atoms with Gasteiger partial charge in [-0.05, 0) is 17.7 Å². The summed E-state index contributed by atoms with van der Waals surface area (Å²) in [4.78, 5) is 0. The molecule has 0 spiro atoms. The summed E-state index contributed by atoms with van der Waals surface area (Å²) in [5.74, 6) is 2.62. The van der Waals surface area contributed by atoms with E-state index in [0.29, 0.717) is 6.04 Å². The molecule has 1 aliphatic heterocycles. The van der Waals surface area contributed by atoms with Crippen molar-refractivity contribution in [3.05, 3.63) is 35.4 Å². The van der Waals surface area contributed by atoms with Crippen LogP contribution in [0.4, 0.5) is 0 Å². The number of nitrogens with two attached hydrogens (primary N) is 1. The molecule has 4 nitrogen and oxygen atoms in total. The minimum absolute atomic E-state index is 0.150. The van der Waals surface area contributed by atoms with Gasteiger partial charge in [0.05, 0.1) is 0 Å². The lowest BCUT2D eigenvalue weighted by atomic mass is 10.1. The van der Waals surface area contributed by atoms with E-state index in [9.17, 15) is 0 Å². The van der Waals surface area contributed by atoms with E-state index in [1.807, 2.05) is 36.0 Å². The maximum atomic E-state index is 8.55. The fourth-order valence-corrected chi connectivity index (χ4v) is 3.00. The Kier molecular flexibility index (Phi) is 4.28. The summed E-state index contributed by atoms with van der Waals surface area (Å²) >= 11 is 2.00. The van der Waals surface area contributed by atoms with Crippen molar-refractivity contribution in [1.82, 2.24) is 5.32 Å². The molecule has 1 saturated heterocycles. The molecule has 1 aromatic carbocycles. The number of amidine groups is 1. The third kappa shape index (κ3) is 3.38. The summed E-state index contributed by atoms with van der Waals surface area (Å²) in [7, 11) is 0. The zero-order valence-corrected chi connectivity index (χ0v) is 10.4. The highest BCUT2D eigenvalue weighted by Gasteiger charge is 2.14. The Morgan fingerprint density at radius 2 is 2.24 bits per heavy atom. The number of hydrogen-bond donors (Lipinski definition) is 3. The molecule has 1 unspecified atom stereocenters. The van der Waals surface area contributed by atoms with Crippen LogP contribution in [-0.4, -0.2) is 28.6 Å². The van der Waals surface area contributed by atoms with Gasteiger partial charge in [0.15, 0.2) is 5.84 Å². The molecule has 0 saturated carbocycles. The first-order valence-electron chi connectivity index (χ1n) is 5.67. The van der Waals surface area contributed by atoms with Crippen molar-refractivity contribution in [3.8, 4) is 0 Å². The average molecular weight is 251 g/mol. The minimum Gasteiger partial charge on any atom is -0.409 e. The van der Waals surface area contributed by atoms with Crippen molar-refractivity contribution in [3.63, 3.8) is 0 Å². The number of oxime groups is 1. The molecule has 1 aliphatic rings. The van der Waals surface area contributed by atoms with Crippen molar-refractivity contribution in [1.29, 1.82) is 0 Å². The van der Waals surface area contributed by atoms with E-state index < -0.39 is 0 Å². The number of rotatable bonds is 4. The molecule has 4 N–H and O–H groups in total. The predicted octanol–water partition coefficient (Wildman–Crippen LogP) is 1.38. The molecule has 17 heavy (non-hydrogen) atoms. The predicted molar refractivity (Wildman–Crippen MR) is 71.5 cm³/mol. The van der Waals surface area contributed by atoms with E-state index in [2.05, 4.69) is 10.5 Å². The molecule has 2 rings (SSSR count). The normalized spacial score (nSPS) is 20.7. The molecular weight excluding hydrogens is 234 g/mol. The summed E-state index contributed by atoms with van der Waals surface area (Å²) in [5, 5.41) is 15.1. The summed E-state index contributed by atoms with van der Waals surface area (Å²) in [6.07, 6.45) is 1.26. The number of hydrogen-bond acceptors (Lipinski definition) is 4. The zero-order valence-electron chi connectivity index (χ0n) is 9.60. The van der Waals surface area contributed by atoms with Gasteiger partial charge in [0.25, 0.3) is 0 Å². The number of benzene rings is 1. The smallest absolute Gasteiger partial charge is 0.170 e. The van der Waals surface area contributed by atoms with Crippen molar-refractivity contribution in [2.75, 3.05) is 11.5 Å². The number of thioether (sulfide) groups is 1. The highest BCUT2D eigenvalue weighted by Crippen LogP contribution is 2.17. The zero-order chi connectivity index (χ0) is 12.1. The van der Waals surface area contributed by atoms with E-state index in [-0.39, 0.29) is 5.84 Å². The molecule has 0 bridgehead atoms. The molecular formula is C12H17N3OS. The summed E-state index contributed by atoms with van der Waals surface area (Å²) in [5.41, 5.74) is 7.46. The molecule has 1 atom stereocenters. The van der Waals surface area contributed by atoms with Gasteiger partial charge in [-0.25, -0.2) is 0 Å². The highest BCUT2D eigenvalue weighted by atomic mass is 32.2. The van der Waals surface area contributed by atoms with Gasteiger partial charge >= 0.3 is 0 Å². The SMILES string of the molecule is N/C(=N/O)c1ccc(CNC2CCSC2)cc1. The Bertz CT molecular complexity index is 385. The van der Waals surface area contributed by atoms with Crippen molar-refractivity contribution in [2.45, 2.75) is 19.0 Å². The van der Waals surface area contributed by atoms with Crippen molar-refractivity contribution >= 4 is 17.6 Å². The number of nitrogens with zero attached hydrogens (tertiary/aromatic N) is 1. The van der Waals surface area contributed by atoms with Crippen LogP contribution in [0.25, 0.3) is 0 Å². The molecule has 5 heteroatoms. The van der Waals surface area contributed by atoms with Crippen LogP contribution in [0.2, 0.25) is 0 Å². The second-order valence-corrected chi connectivity index (χ2v) is 5.27. The molecule has 1 aromatic rings. The molecule has 0 amide bonds. The van der Waals surface area contributed by atoms with Gasteiger partial charge in [0.2, 0.25) is 0 Å². The van der Waals surface area contributed by atoms with E-state index in [1.165, 1.54) is 23.5 Å². The van der Waals surface area contributed by atoms with Crippen molar-refractivity contribution < 1.29 is 5.21 Å². The largest absolute Gasteiger partial charge is 0.409 e. The fourth-order valence-electron chi connectivity index (χ4n) is 1.81. The summed E-state index contributed by atoms with van der Waals surface area (Å²) < 4.78 is 0. The molecule has 0 aliphatic carbocycles. The monoisotopic (exact) mass is 251 g/mol. The third-order valence-corrected chi connectivity index (χ3v) is 4.04. The van der Waals surface area contributed by atoms with Crippen LogP contribution in [0, 0.1) is 0 Å². The molecule has 1 fully saturated rings. The van der Waals surface area contributed by atoms with Gasteiger partial charge in [-0.15, -0.1) is 0 Å². The Balaban J connectivity index is 1.89. The highest BCUT2D eigenvalue weighted by molar-refractivity contribution is 7.99. The lowest BCUT2D eigenvalue weighted by Crippen LogP contribution is -2.27. The third-order valence-electron chi connectivity index (χ3n) is 2.88. The topological polar surface area (TPSA) is 70.6 Å². The van der Waals surface area contributed by atoms with Gasteiger partial charge < -0.3 is 16.3 Å². The van der Waals surface area contributed by atoms with E-state index in [0.717, 1.165) is 12.1 Å². The first-order valence-corrected chi connectivity index (χ1v) is 6.83. The summed E-state index contributed by atoms with van der Waals surface area (Å²) in [6, 6.07) is 8.39. The van der Waals surface area contributed by atoms with E-state index >= 15 is 0 Å². The van der Waals surface area contributed by atoms with Crippen molar-refractivity contribution in [2.24, 2.45) is 10.9 Å². The second kappa shape index (κ2) is 5.93. The van der Waals surface area contributed by atoms with Crippen LogP contribution >= 0.6 is 11.8 Å². The molecule has 0 radical (unpaired) electrons. The maximum absolute atomic E-state index is 8.55. The van der Waals surface area contributed by atoms with Gasteiger partial charge in [-0.1, -0.05) is 29.4 Å². The summed E-state index contributed by atoms with van der Waals surface area (Å²) in [6.45, 7) is 0.877. The van der Waals surface area contributed by atoms with Gasteiger partial charge in [-0.3, -0.25) is 0 Å². The van der Waals surface area contributed by atoms with Crippen LogP contribution in [0.1, 0.15) is 17.5 Å². The Labute approximate surface area is 105 Å². The average Bonchev–Trinajstić information content (AvgIpc) is 2.89. The molecule has 1 heterocycles. The van der Waals surface area contributed by atoms with Crippen LogP contribution in [-0.2, 0) is 6.54 Å². The first kappa shape index (κ1) is 12.3. The molecule has 0 aromatic heterocycles. The van der Waals surface area contributed by atoms with Crippen LogP contribution < -0.4 is 11.1 Å². The second-order valence-electron chi connectivity index (χ2n) is 4.12. The van der Waals surface area contributed by atoms with Gasteiger partial charge in [0, 0.05) is 23.9 Å². The standard InChI is InChI=1S/C12H17N3OS/c13-12(15-16)10-3-1-9(2-4-10)7-14-11-5-6-17-8-11/h1-4,11,14,16H,5-8H2,(H2,13,15). The van der Waals surface area contributed by atoms with Crippen LogP contribution in [0.5, 0.6) is 0 Å². The Morgan fingerprint density at radius 1 is 1.47 bits per heavy atom. The number of nitrogens with one attached hydrogen (secondary N) is 1. The quantitative estimate of drug-likeness (QED) is 0.327. The Morgan fingerprint density at radius 3 is 2.82 bits per heavy atom. The van der Waals surface area contributed by atoms with E-state index in [4.69, 9.17) is 10.9 Å².